The van der Waals surface area contributed by atoms with E-state index in [4.69, 9.17) is 4.74 Å². The summed E-state index contributed by atoms with van der Waals surface area (Å²) in [6, 6.07) is -0.199. The maximum Gasteiger partial charge on any atom is 0.246 e. The molecule has 6 heteroatoms. The highest BCUT2D eigenvalue weighted by Crippen LogP contribution is 2.25. The molecular formula is C15H23N3O3. The predicted molar refractivity (Wildman–Crippen MR) is 79.5 cm³/mol. The molecule has 3 atom stereocenters. The number of carbonyl (C=O) groups is 1. The maximum absolute atomic E-state index is 12.2. The molecule has 0 radical (unpaired) electrons. The van der Waals surface area contributed by atoms with Crippen LogP contribution in [0.2, 0.25) is 0 Å². The van der Waals surface area contributed by atoms with Crippen LogP contribution in [0.4, 0.5) is 0 Å². The maximum atomic E-state index is 12.2. The van der Waals surface area contributed by atoms with E-state index in [1.807, 2.05) is 13.2 Å². The van der Waals surface area contributed by atoms with E-state index in [0.717, 1.165) is 24.8 Å². The number of hydrogen-bond acceptors (Lipinski definition) is 4. The number of aromatic nitrogens is 2. The van der Waals surface area contributed by atoms with Gasteiger partial charge >= 0.3 is 0 Å². The van der Waals surface area contributed by atoms with E-state index < -0.39 is 6.10 Å². The van der Waals surface area contributed by atoms with Crippen molar-refractivity contribution in [2.75, 3.05) is 14.2 Å². The van der Waals surface area contributed by atoms with Gasteiger partial charge in [-0.3, -0.25) is 9.48 Å². The van der Waals surface area contributed by atoms with E-state index in [1.165, 1.54) is 6.08 Å². The molecule has 6 nitrogen and oxygen atoms in total. The first-order chi connectivity index (χ1) is 10.0. The number of aryl methyl sites for hydroxylation is 1. The molecule has 1 aromatic heterocycles. The second-order valence-corrected chi connectivity index (χ2v) is 5.49. The summed E-state index contributed by atoms with van der Waals surface area (Å²) in [5, 5.41) is 14.3. The third kappa shape index (κ3) is 3.71. The zero-order valence-electron chi connectivity index (χ0n) is 12.8. The molecule has 1 heterocycles. The number of aliphatic hydroxyl groups is 1. The van der Waals surface area contributed by atoms with Gasteiger partial charge in [0.05, 0.1) is 18.3 Å². The van der Waals surface area contributed by atoms with Gasteiger partial charge in [-0.1, -0.05) is 0 Å². The molecule has 1 aliphatic carbocycles. The molecule has 2 rings (SSSR count). The van der Waals surface area contributed by atoms with Crippen LogP contribution < -0.4 is 0 Å². The number of ether oxygens (including phenoxy) is 1. The first-order valence-corrected chi connectivity index (χ1v) is 7.17. The molecule has 1 saturated carbocycles. The third-order valence-electron chi connectivity index (χ3n) is 4.05. The number of likely N-dealkylation sites (N-methyl/N-ethyl adjacent to an activating group) is 1. The zero-order valence-corrected chi connectivity index (χ0v) is 12.8. The summed E-state index contributed by atoms with van der Waals surface area (Å²) >= 11 is 0. The number of nitrogens with zero attached hydrogens (tertiary/aromatic N) is 3. The van der Waals surface area contributed by atoms with Gasteiger partial charge in [0.15, 0.2) is 0 Å². The fourth-order valence-electron chi connectivity index (χ4n) is 2.77. The second kappa shape index (κ2) is 6.87. The summed E-state index contributed by atoms with van der Waals surface area (Å²) in [6.45, 7) is 0. The van der Waals surface area contributed by atoms with Crippen molar-refractivity contribution in [1.82, 2.24) is 14.7 Å². The van der Waals surface area contributed by atoms with Crippen molar-refractivity contribution in [1.29, 1.82) is 0 Å². The van der Waals surface area contributed by atoms with Crippen LogP contribution in [0.25, 0.3) is 6.08 Å². The van der Waals surface area contributed by atoms with Crippen LogP contribution in [0.3, 0.4) is 0 Å². The lowest BCUT2D eigenvalue weighted by Crippen LogP contribution is -2.51. The molecule has 0 aliphatic heterocycles. The fourth-order valence-corrected chi connectivity index (χ4v) is 2.77. The minimum absolute atomic E-state index is 0.125. The third-order valence-corrected chi connectivity index (χ3v) is 4.05. The minimum Gasteiger partial charge on any atom is -0.388 e. The van der Waals surface area contributed by atoms with Crippen molar-refractivity contribution in [2.24, 2.45) is 7.05 Å². The Balaban J connectivity index is 1.99. The van der Waals surface area contributed by atoms with Crippen LogP contribution in [0.1, 0.15) is 24.8 Å². The van der Waals surface area contributed by atoms with Crippen LogP contribution >= 0.6 is 0 Å². The topological polar surface area (TPSA) is 67.6 Å². The van der Waals surface area contributed by atoms with E-state index in [-0.39, 0.29) is 18.1 Å². The molecule has 21 heavy (non-hydrogen) atoms. The summed E-state index contributed by atoms with van der Waals surface area (Å²) in [4.78, 5) is 13.8. The first-order valence-electron chi connectivity index (χ1n) is 7.17. The Hall–Kier alpha value is -1.66. The molecule has 0 bridgehead atoms. The van der Waals surface area contributed by atoms with Crippen LogP contribution in [-0.2, 0) is 16.6 Å². The lowest BCUT2D eigenvalue weighted by atomic mass is 9.89. The normalized spacial score (nSPS) is 26.2. The molecule has 1 aliphatic rings. The van der Waals surface area contributed by atoms with Crippen LogP contribution in [0.15, 0.2) is 18.5 Å². The van der Waals surface area contributed by atoms with E-state index in [0.29, 0.717) is 0 Å². The summed E-state index contributed by atoms with van der Waals surface area (Å²) in [5.74, 6) is -0.125. The quantitative estimate of drug-likeness (QED) is 0.835. The van der Waals surface area contributed by atoms with Crippen molar-refractivity contribution in [3.8, 4) is 0 Å². The molecule has 0 saturated heterocycles. The molecule has 0 unspecified atom stereocenters. The fraction of sp³-hybridized carbons (Fsp3) is 0.600. The molecule has 0 aromatic carbocycles. The van der Waals surface area contributed by atoms with E-state index >= 15 is 0 Å². The van der Waals surface area contributed by atoms with Gasteiger partial charge in [-0.25, -0.2) is 0 Å². The highest BCUT2D eigenvalue weighted by atomic mass is 16.5. The first kappa shape index (κ1) is 15.7. The SMILES string of the molecule is CO[C@@H]1CCC[C@@H](N(C)C(=O)/C=C/c2cnn(C)c2)[C@H]1O. The monoisotopic (exact) mass is 293 g/mol. The van der Waals surface area contributed by atoms with Crippen molar-refractivity contribution in [3.05, 3.63) is 24.0 Å². The molecular weight excluding hydrogens is 270 g/mol. The summed E-state index contributed by atoms with van der Waals surface area (Å²) < 4.78 is 6.96. The number of carbonyl (C=O) groups excluding carboxylic acids is 1. The van der Waals surface area contributed by atoms with Gasteiger partial charge in [-0.15, -0.1) is 0 Å². The highest BCUT2D eigenvalue weighted by Gasteiger charge is 2.35. The van der Waals surface area contributed by atoms with Gasteiger partial charge in [0.25, 0.3) is 0 Å². The summed E-state index contributed by atoms with van der Waals surface area (Å²) in [7, 11) is 5.15. The largest absolute Gasteiger partial charge is 0.388 e. The molecule has 116 valence electrons. The van der Waals surface area contributed by atoms with Crippen LogP contribution in [0, 0.1) is 0 Å². The van der Waals surface area contributed by atoms with E-state index in [9.17, 15) is 9.90 Å². The Bertz CT molecular complexity index is 512. The number of aliphatic hydroxyl groups excluding tert-OH is 1. The van der Waals surface area contributed by atoms with Crippen molar-refractivity contribution < 1.29 is 14.6 Å². The van der Waals surface area contributed by atoms with Crippen LogP contribution in [0.5, 0.6) is 0 Å². The van der Waals surface area contributed by atoms with Crippen molar-refractivity contribution >= 4 is 12.0 Å². The lowest BCUT2D eigenvalue weighted by Gasteiger charge is -2.38. The van der Waals surface area contributed by atoms with E-state index in [1.54, 1.807) is 36.0 Å². The number of rotatable bonds is 4. The Morgan fingerprint density at radius 1 is 1.57 bits per heavy atom. The van der Waals surface area contributed by atoms with Gasteiger partial charge < -0.3 is 14.7 Å². The Labute approximate surface area is 125 Å². The zero-order chi connectivity index (χ0) is 15.4. The molecule has 0 spiro atoms. The van der Waals surface area contributed by atoms with Crippen molar-refractivity contribution in [3.63, 3.8) is 0 Å². The molecule has 1 N–H and O–H groups in total. The summed E-state index contributed by atoms with van der Waals surface area (Å²) in [5.41, 5.74) is 0.873. The van der Waals surface area contributed by atoms with Gasteiger partial charge in [0, 0.05) is 39.0 Å². The molecule has 1 amide bonds. The number of hydrogen-bond donors (Lipinski definition) is 1. The van der Waals surface area contributed by atoms with Crippen LogP contribution in [-0.4, -0.2) is 58.1 Å². The Morgan fingerprint density at radius 2 is 2.33 bits per heavy atom. The second-order valence-electron chi connectivity index (χ2n) is 5.49. The summed E-state index contributed by atoms with van der Waals surface area (Å²) in [6.07, 6.45) is 8.52. The van der Waals surface area contributed by atoms with E-state index in [2.05, 4.69) is 5.10 Å². The van der Waals surface area contributed by atoms with Gasteiger partial charge in [-0.05, 0) is 25.3 Å². The average Bonchev–Trinajstić information content (AvgIpc) is 2.90. The standard InChI is InChI=1S/C15H23N3O3/c1-17-10-11(9-16-17)7-8-14(19)18(2)12-5-4-6-13(21-3)15(12)20/h7-10,12-13,15,20H,4-6H2,1-3H3/b8-7+/t12-,13-,15-/m1/s1. The van der Waals surface area contributed by atoms with Gasteiger partial charge in [0.1, 0.15) is 6.10 Å². The Kier molecular flexibility index (Phi) is 5.14. The molecule has 1 aromatic rings. The van der Waals surface area contributed by atoms with Gasteiger partial charge in [0.2, 0.25) is 5.91 Å². The van der Waals surface area contributed by atoms with Crippen molar-refractivity contribution in [2.45, 2.75) is 37.5 Å². The number of amides is 1. The predicted octanol–water partition coefficient (Wildman–Crippen LogP) is 0.820. The smallest absolute Gasteiger partial charge is 0.246 e. The molecule has 1 fully saturated rings. The average molecular weight is 293 g/mol. The lowest BCUT2D eigenvalue weighted by molar-refractivity contribution is -0.135. The highest BCUT2D eigenvalue weighted by molar-refractivity contribution is 5.91. The Morgan fingerprint density at radius 3 is 2.95 bits per heavy atom. The minimum atomic E-state index is -0.635. The van der Waals surface area contributed by atoms with Gasteiger partial charge in [-0.2, -0.15) is 5.10 Å². The number of methoxy groups -OCH3 is 1.